The predicted octanol–water partition coefficient (Wildman–Crippen LogP) is 5.92. The van der Waals surface area contributed by atoms with E-state index >= 15 is 8.78 Å². The molecule has 6 atom stereocenters. The Labute approximate surface area is 282 Å². The Bertz CT molecular complexity index is 1970. The van der Waals surface area contributed by atoms with Crippen molar-refractivity contribution in [2.75, 3.05) is 12.0 Å². The molecule has 2 aliphatic heterocycles. The van der Waals surface area contributed by atoms with Gasteiger partial charge >= 0.3 is 0 Å². The summed E-state index contributed by atoms with van der Waals surface area (Å²) in [5, 5.41) is 12.9. The van der Waals surface area contributed by atoms with Crippen LogP contribution in [0.2, 0.25) is 0 Å². The first-order valence-corrected chi connectivity index (χ1v) is 16.0. The maximum absolute atomic E-state index is 15.2. The third-order valence-electron chi connectivity index (χ3n) is 9.76. The zero-order chi connectivity index (χ0) is 34.6. The van der Waals surface area contributed by atoms with Crippen LogP contribution in [0.5, 0.6) is 11.5 Å². The number of phenols is 1. The highest BCUT2D eigenvalue weighted by molar-refractivity contribution is 7.09. The number of fused-ring (bicyclic) bond motifs is 4. The summed E-state index contributed by atoms with van der Waals surface area (Å²) in [4.78, 5) is 52.2. The van der Waals surface area contributed by atoms with Crippen LogP contribution < -0.4 is 9.64 Å². The van der Waals surface area contributed by atoms with Crippen molar-refractivity contribution in [1.29, 1.82) is 0 Å². The number of thiophene rings is 1. The van der Waals surface area contributed by atoms with Gasteiger partial charge in [-0.25, -0.2) is 26.9 Å². The van der Waals surface area contributed by atoms with E-state index in [0.29, 0.717) is 0 Å². The third-order valence-corrected chi connectivity index (χ3v) is 12.0. The highest BCUT2D eigenvalue weighted by Gasteiger charge is 2.77. The van der Waals surface area contributed by atoms with Gasteiger partial charge in [-0.1, -0.05) is 23.8 Å². The van der Waals surface area contributed by atoms with Crippen LogP contribution in [0, 0.1) is 46.8 Å². The Morgan fingerprint density at radius 1 is 0.938 bits per heavy atom. The minimum absolute atomic E-state index is 0.0127. The highest BCUT2D eigenvalue weighted by atomic mass is 35.5. The van der Waals surface area contributed by atoms with Gasteiger partial charge in [-0.3, -0.25) is 24.1 Å². The molecular formula is C32H21Cl2F5N2O6S. The van der Waals surface area contributed by atoms with Crippen LogP contribution in [0.3, 0.4) is 0 Å². The quantitative estimate of drug-likeness (QED) is 0.0875. The molecule has 0 spiro atoms. The first-order valence-electron chi connectivity index (χ1n) is 14.4. The number of halogens is 7. The lowest BCUT2D eigenvalue weighted by atomic mass is 9.56. The number of alkyl halides is 2. The van der Waals surface area contributed by atoms with Gasteiger partial charge in [0.1, 0.15) is 17.2 Å². The fourth-order valence-electron chi connectivity index (χ4n) is 7.59. The lowest BCUT2D eigenvalue weighted by Gasteiger charge is -2.50. The molecular weight excluding hydrogens is 706 g/mol. The Balaban J connectivity index is 1.42. The smallest absolute Gasteiger partial charge is 0.258 e. The van der Waals surface area contributed by atoms with Crippen LogP contribution >= 0.6 is 34.5 Å². The van der Waals surface area contributed by atoms with Gasteiger partial charge in [-0.2, -0.15) is 0 Å². The monoisotopic (exact) mass is 726 g/mol. The number of rotatable bonds is 5. The number of methoxy groups -OCH3 is 1. The number of ether oxygens (including phenoxy) is 1. The molecule has 0 bridgehead atoms. The number of benzene rings is 2. The number of phenolic OH excluding ortho intramolecular Hbond substituents is 1. The lowest BCUT2D eigenvalue weighted by molar-refractivity contribution is -0.141. The average molecular weight is 727 g/mol. The van der Waals surface area contributed by atoms with E-state index < -0.39 is 104 Å². The Morgan fingerprint density at radius 2 is 1.60 bits per heavy atom. The zero-order valence-corrected chi connectivity index (χ0v) is 26.7. The normalized spacial score (nSPS) is 29.6. The SMILES string of the molecule is COc1ccc([C@H]2C3=CC[C@@H]4C(=O)N(Cc5cccs5)C(=O)[C@@H]4[C@@H]3C[C@@]3(Cl)C(=O)N(c4c(F)c(F)c(F)c(F)c4F)C(=O)[C@@]23Cl)c(O)c1. The molecule has 1 N–H and O–H groups in total. The summed E-state index contributed by atoms with van der Waals surface area (Å²) < 4.78 is 78.2. The van der Waals surface area contributed by atoms with Crippen molar-refractivity contribution in [2.24, 2.45) is 17.8 Å². The third kappa shape index (κ3) is 4.11. The Hall–Kier alpha value is -4.01. The van der Waals surface area contributed by atoms with Gasteiger partial charge in [0.25, 0.3) is 11.8 Å². The van der Waals surface area contributed by atoms with Crippen LogP contribution in [0.4, 0.5) is 27.6 Å². The van der Waals surface area contributed by atoms with Crippen LogP contribution in [0.25, 0.3) is 0 Å². The zero-order valence-electron chi connectivity index (χ0n) is 24.4. The number of likely N-dealkylation sites (tertiary alicyclic amines) is 1. The molecule has 2 saturated heterocycles. The summed E-state index contributed by atoms with van der Waals surface area (Å²) >= 11 is 15.5. The summed E-state index contributed by atoms with van der Waals surface area (Å²) in [5.41, 5.74) is -1.77. The fraction of sp³-hybridized carbons (Fsp3) is 0.312. The molecule has 3 aromatic rings. The second kappa shape index (κ2) is 11.0. The van der Waals surface area contributed by atoms with Crippen molar-refractivity contribution in [2.45, 2.75) is 35.1 Å². The molecule has 250 valence electrons. The predicted molar refractivity (Wildman–Crippen MR) is 161 cm³/mol. The van der Waals surface area contributed by atoms with E-state index in [-0.39, 0.29) is 34.8 Å². The number of imide groups is 2. The van der Waals surface area contributed by atoms with Crippen LogP contribution in [0.15, 0.2) is 47.4 Å². The number of aromatic hydroxyl groups is 1. The van der Waals surface area contributed by atoms with Gasteiger partial charge < -0.3 is 9.84 Å². The first kappa shape index (κ1) is 32.5. The van der Waals surface area contributed by atoms with Crippen molar-refractivity contribution in [1.82, 2.24) is 4.90 Å². The van der Waals surface area contributed by atoms with Crippen molar-refractivity contribution in [3.05, 3.63) is 86.9 Å². The Morgan fingerprint density at radius 3 is 2.21 bits per heavy atom. The molecule has 0 radical (unpaired) electrons. The summed E-state index contributed by atoms with van der Waals surface area (Å²) in [6.07, 6.45) is 0.904. The summed E-state index contributed by atoms with van der Waals surface area (Å²) in [6.45, 7) is -0.0238. The molecule has 0 unspecified atom stereocenters. The summed E-state index contributed by atoms with van der Waals surface area (Å²) in [6, 6.07) is 7.35. The summed E-state index contributed by atoms with van der Waals surface area (Å²) in [5.74, 6) is -21.7. The largest absolute Gasteiger partial charge is 0.508 e. The lowest BCUT2D eigenvalue weighted by Crippen LogP contribution is -2.60. The average Bonchev–Trinajstić information content (AvgIpc) is 3.71. The minimum Gasteiger partial charge on any atom is -0.508 e. The van der Waals surface area contributed by atoms with Gasteiger partial charge in [0.15, 0.2) is 33.0 Å². The Kier molecular flexibility index (Phi) is 7.46. The van der Waals surface area contributed by atoms with E-state index in [2.05, 4.69) is 0 Å². The maximum atomic E-state index is 15.2. The second-order valence-corrected chi connectivity index (χ2v) is 14.2. The van der Waals surface area contributed by atoms with Gasteiger partial charge in [-0.05, 0) is 36.3 Å². The maximum Gasteiger partial charge on any atom is 0.258 e. The summed E-state index contributed by atoms with van der Waals surface area (Å²) in [7, 11) is 1.31. The molecule has 7 rings (SSSR count). The second-order valence-electron chi connectivity index (χ2n) is 12.0. The van der Waals surface area contributed by atoms with Crippen molar-refractivity contribution >= 4 is 63.9 Å². The molecule has 8 nitrogen and oxygen atoms in total. The number of anilines is 1. The molecule has 4 amide bonds. The van der Waals surface area contributed by atoms with E-state index in [9.17, 15) is 37.5 Å². The molecule has 3 fully saturated rings. The van der Waals surface area contributed by atoms with Crippen LogP contribution in [0.1, 0.15) is 29.2 Å². The standard InChI is InChI=1S/C32H21Cl2F5N2O6S/c1-47-12-4-5-15(18(42)9-12)20-14-6-7-16-19(28(44)40(27(16)43)11-13-3-2-8-48-13)17(14)10-31(33)29(45)41(30(46)32(20,31)34)26-24(38)22(36)21(35)23(37)25(26)39/h2-6,8-9,16-17,19-20,42H,7,10-11H2,1H3/t16-,17+,19-,20+,31+,32-/m0/s1. The number of hydrogen-bond acceptors (Lipinski definition) is 7. The number of hydrogen-bond donors (Lipinski definition) is 1. The topological polar surface area (TPSA) is 104 Å². The van der Waals surface area contributed by atoms with E-state index in [1.165, 1.54) is 30.6 Å². The fourth-order valence-corrected chi connectivity index (χ4v) is 9.21. The number of amides is 4. The van der Waals surface area contributed by atoms with E-state index in [1.54, 1.807) is 23.6 Å². The number of nitrogens with zero attached hydrogens (tertiary/aromatic N) is 2. The van der Waals surface area contributed by atoms with Crippen molar-refractivity contribution in [3.8, 4) is 11.5 Å². The van der Waals surface area contributed by atoms with Crippen LogP contribution in [-0.4, -0.2) is 50.5 Å². The molecule has 2 aromatic carbocycles. The molecule has 3 heterocycles. The van der Waals surface area contributed by atoms with E-state index in [4.69, 9.17) is 27.9 Å². The first-order chi connectivity index (χ1) is 22.7. The number of allylic oxidation sites excluding steroid dienone is 2. The van der Waals surface area contributed by atoms with Crippen molar-refractivity contribution < 1.29 is 51.0 Å². The van der Waals surface area contributed by atoms with E-state index in [1.807, 2.05) is 0 Å². The highest BCUT2D eigenvalue weighted by Crippen LogP contribution is 2.66. The van der Waals surface area contributed by atoms with Gasteiger partial charge in [-0.15, -0.1) is 34.5 Å². The minimum atomic E-state index is -2.74. The van der Waals surface area contributed by atoms with E-state index in [0.717, 1.165) is 15.8 Å². The molecule has 4 aliphatic rings. The number of carbonyl (C=O) groups excluding carboxylic acids is 4. The molecule has 48 heavy (non-hydrogen) atoms. The molecule has 1 aromatic heterocycles. The van der Waals surface area contributed by atoms with Gasteiger partial charge in [0, 0.05) is 22.4 Å². The molecule has 16 heteroatoms. The van der Waals surface area contributed by atoms with Gasteiger partial charge in [0.05, 0.1) is 25.5 Å². The molecule has 1 saturated carbocycles. The van der Waals surface area contributed by atoms with Crippen LogP contribution in [-0.2, 0) is 25.7 Å². The van der Waals surface area contributed by atoms with Gasteiger partial charge in [0.2, 0.25) is 17.6 Å². The number of carbonyl (C=O) groups is 4. The van der Waals surface area contributed by atoms with Crippen molar-refractivity contribution in [3.63, 3.8) is 0 Å². The molecule has 2 aliphatic carbocycles.